The normalized spacial score (nSPS) is 12.6. The lowest BCUT2D eigenvalue weighted by molar-refractivity contribution is -0.133. The van der Waals surface area contributed by atoms with E-state index in [1.807, 2.05) is 14.0 Å². The number of carbonyl (C=O) groups excluding carboxylic acids is 1. The van der Waals surface area contributed by atoms with Crippen LogP contribution in [-0.2, 0) is 4.79 Å². The first-order chi connectivity index (χ1) is 6.13. The molecule has 0 bridgehead atoms. The third-order valence-corrected chi connectivity index (χ3v) is 2.59. The van der Waals surface area contributed by atoms with Crippen molar-refractivity contribution in [3.05, 3.63) is 0 Å². The van der Waals surface area contributed by atoms with Crippen LogP contribution in [0.2, 0.25) is 0 Å². The zero-order valence-electron chi connectivity index (χ0n) is 8.85. The molecule has 0 radical (unpaired) electrons. The maximum atomic E-state index is 11.5. The summed E-state index contributed by atoms with van der Waals surface area (Å²) >= 11 is 5.60. The van der Waals surface area contributed by atoms with Crippen LogP contribution in [0.15, 0.2) is 0 Å². The molecule has 3 heteroatoms. The summed E-state index contributed by atoms with van der Waals surface area (Å²) < 4.78 is 0. The van der Waals surface area contributed by atoms with Gasteiger partial charge in [0.15, 0.2) is 0 Å². The topological polar surface area (TPSA) is 20.3 Å². The average Bonchev–Trinajstić information content (AvgIpc) is 2.15. The van der Waals surface area contributed by atoms with Gasteiger partial charge in [-0.2, -0.15) is 0 Å². The highest BCUT2D eigenvalue weighted by Crippen LogP contribution is 2.04. The first kappa shape index (κ1) is 12.8. The number of nitrogens with zero attached hydrogens (tertiary/aromatic N) is 1. The Morgan fingerprint density at radius 3 is 2.54 bits per heavy atom. The van der Waals surface area contributed by atoms with Gasteiger partial charge in [-0.15, -0.1) is 11.6 Å². The number of amides is 1. The molecule has 1 amide bonds. The summed E-state index contributed by atoms with van der Waals surface area (Å²) in [6.45, 7) is 4.88. The van der Waals surface area contributed by atoms with E-state index in [0.717, 1.165) is 13.0 Å². The van der Waals surface area contributed by atoms with Crippen molar-refractivity contribution in [2.24, 2.45) is 5.92 Å². The van der Waals surface area contributed by atoms with Crippen LogP contribution in [0.25, 0.3) is 0 Å². The fraction of sp³-hybridized carbons (Fsp3) is 0.900. The van der Waals surface area contributed by atoms with Crippen molar-refractivity contribution in [2.75, 3.05) is 19.5 Å². The van der Waals surface area contributed by atoms with Crippen molar-refractivity contribution < 1.29 is 4.79 Å². The van der Waals surface area contributed by atoms with E-state index < -0.39 is 0 Å². The summed E-state index contributed by atoms with van der Waals surface area (Å²) in [5, 5.41) is 0. The Labute approximate surface area is 86.2 Å². The SMILES string of the molecule is CCCCCN(C)C(=O)C(C)CCl. The second-order valence-corrected chi connectivity index (χ2v) is 3.83. The van der Waals surface area contributed by atoms with Crippen LogP contribution >= 0.6 is 11.6 Å². The van der Waals surface area contributed by atoms with E-state index in [0.29, 0.717) is 5.88 Å². The molecule has 0 fully saturated rings. The zero-order chi connectivity index (χ0) is 10.3. The Hall–Kier alpha value is -0.240. The Kier molecular flexibility index (Phi) is 7.06. The Balaban J connectivity index is 3.69. The minimum atomic E-state index is -0.0479. The Morgan fingerprint density at radius 2 is 2.08 bits per heavy atom. The van der Waals surface area contributed by atoms with E-state index in [1.54, 1.807) is 4.90 Å². The van der Waals surface area contributed by atoms with Crippen molar-refractivity contribution >= 4 is 17.5 Å². The molecule has 0 saturated heterocycles. The molecule has 0 aromatic rings. The maximum Gasteiger partial charge on any atom is 0.226 e. The molecule has 0 aromatic heterocycles. The first-order valence-corrected chi connectivity index (χ1v) is 5.47. The van der Waals surface area contributed by atoms with E-state index in [-0.39, 0.29) is 11.8 Å². The van der Waals surface area contributed by atoms with Crippen LogP contribution in [0, 0.1) is 5.92 Å². The summed E-state index contributed by atoms with van der Waals surface area (Å²) in [5.74, 6) is 0.524. The number of hydrogen-bond acceptors (Lipinski definition) is 1. The van der Waals surface area contributed by atoms with Gasteiger partial charge in [0.2, 0.25) is 5.91 Å². The largest absolute Gasteiger partial charge is 0.345 e. The standard InChI is InChI=1S/C10H20ClNO/c1-4-5-6-7-12(3)10(13)9(2)8-11/h9H,4-8H2,1-3H3. The lowest BCUT2D eigenvalue weighted by Crippen LogP contribution is -2.33. The van der Waals surface area contributed by atoms with Gasteiger partial charge in [-0.05, 0) is 6.42 Å². The lowest BCUT2D eigenvalue weighted by atomic mass is 10.2. The summed E-state index contributed by atoms with van der Waals surface area (Å²) in [7, 11) is 1.85. The fourth-order valence-electron chi connectivity index (χ4n) is 1.15. The van der Waals surface area contributed by atoms with Gasteiger partial charge in [0.05, 0.1) is 0 Å². The highest BCUT2D eigenvalue weighted by molar-refractivity contribution is 6.19. The first-order valence-electron chi connectivity index (χ1n) is 4.94. The van der Waals surface area contributed by atoms with Crippen LogP contribution < -0.4 is 0 Å². The molecule has 0 rings (SSSR count). The van der Waals surface area contributed by atoms with Gasteiger partial charge in [0, 0.05) is 25.4 Å². The minimum absolute atomic E-state index is 0.0479. The third kappa shape index (κ3) is 5.14. The molecule has 78 valence electrons. The van der Waals surface area contributed by atoms with E-state index in [2.05, 4.69) is 6.92 Å². The van der Waals surface area contributed by atoms with Crippen LogP contribution in [0.5, 0.6) is 0 Å². The molecule has 0 heterocycles. The number of alkyl halides is 1. The molecule has 0 aliphatic rings. The van der Waals surface area contributed by atoms with E-state index in [1.165, 1.54) is 12.8 Å². The lowest BCUT2D eigenvalue weighted by Gasteiger charge is -2.19. The molecule has 13 heavy (non-hydrogen) atoms. The minimum Gasteiger partial charge on any atom is -0.345 e. The molecule has 1 unspecified atom stereocenters. The molecular formula is C10H20ClNO. The Bertz CT molecular complexity index is 150. The maximum absolute atomic E-state index is 11.5. The monoisotopic (exact) mass is 205 g/mol. The van der Waals surface area contributed by atoms with Crippen LogP contribution in [0.3, 0.4) is 0 Å². The van der Waals surface area contributed by atoms with E-state index in [9.17, 15) is 4.79 Å². The van der Waals surface area contributed by atoms with E-state index in [4.69, 9.17) is 11.6 Å². The zero-order valence-corrected chi connectivity index (χ0v) is 9.60. The number of hydrogen-bond donors (Lipinski definition) is 0. The molecule has 1 atom stereocenters. The smallest absolute Gasteiger partial charge is 0.226 e. The average molecular weight is 206 g/mol. The number of carbonyl (C=O) groups is 1. The van der Waals surface area contributed by atoms with Gasteiger partial charge in [0.25, 0.3) is 0 Å². The quantitative estimate of drug-likeness (QED) is 0.482. The van der Waals surface area contributed by atoms with Crippen molar-refractivity contribution in [3.63, 3.8) is 0 Å². The van der Waals surface area contributed by atoms with Crippen molar-refractivity contribution in [1.82, 2.24) is 4.90 Å². The van der Waals surface area contributed by atoms with Gasteiger partial charge in [-0.25, -0.2) is 0 Å². The Morgan fingerprint density at radius 1 is 1.46 bits per heavy atom. The van der Waals surface area contributed by atoms with Crippen molar-refractivity contribution in [1.29, 1.82) is 0 Å². The molecule has 0 aromatic carbocycles. The van der Waals surface area contributed by atoms with Gasteiger partial charge in [-0.3, -0.25) is 4.79 Å². The molecule has 0 N–H and O–H groups in total. The fourth-order valence-corrected chi connectivity index (χ4v) is 1.28. The predicted octanol–water partition coefficient (Wildman–Crippen LogP) is 2.51. The predicted molar refractivity (Wildman–Crippen MR) is 57.0 cm³/mol. The molecule has 0 spiro atoms. The summed E-state index contributed by atoms with van der Waals surface area (Å²) in [6, 6.07) is 0. The van der Waals surface area contributed by atoms with Crippen LogP contribution in [0.1, 0.15) is 33.1 Å². The van der Waals surface area contributed by atoms with Crippen molar-refractivity contribution in [2.45, 2.75) is 33.1 Å². The highest BCUT2D eigenvalue weighted by atomic mass is 35.5. The summed E-state index contributed by atoms with van der Waals surface area (Å²) in [4.78, 5) is 13.3. The van der Waals surface area contributed by atoms with Gasteiger partial charge in [-0.1, -0.05) is 26.7 Å². The van der Waals surface area contributed by atoms with Gasteiger partial charge >= 0.3 is 0 Å². The second kappa shape index (κ2) is 7.19. The van der Waals surface area contributed by atoms with Crippen LogP contribution in [-0.4, -0.2) is 30.3 Å². The highest BCUT2D eigenvalue weighted by Gasteiger charge is 2.15. The number of rotatable bonds is 6. The molecule has 0 aliphatic carbocycles. The third-order valence-electron chi connectivity index (χ3n) is 2.13. The molecular weight excluding hydrogens is 186 g/mol. The van der Waals surface area contributed by atoms with Crippen LogP contribution in [0.4, 0.5) is 0 Å². The van der Waals surface area contributed by atoms with Gasteiger partial charge < -0.3 is 4.90 Å². The van der Waals surface area contributed by atoms with Crippen molar-refractivity contribution in [3.8, 4) is 0 Å². The second-order valence-electron chi connectivity index (χ2n) is 3.52. The number of halogens is 1. The molecule has 0 aliphatic heterocycles. The molecule has 0 saturated carbocycles. The molecule has 2 nitrogen and oxygen atoms in total. The summed E-state index contributed by atoms with van der Waals surface area (Å²) in [6.07, 6.45) is 3.47. The number of unbranched alkanes of at least 4 members (excludes halogenated alkanes) is 2. The van der Waals surface area contributed by atoms with E-state index >= 15 is 0 Å². The van der Waals surface area contributed by atoms with Gasteiger partial charge in [0.1, 0.15) is 0 Å². The summed E-state index contributed by atoms with van der Waals surface area (Å²) in [5.41, 5.74) is 0.